The lowest BCUT2D eigenvalue weighted by molar-refractivity contribution is 0.0961. The van der Waals surface area contributed by atoms with E-state index in [-0.39, 0.29) is 22.3 Å². The van der Waals surface area contributed by atoms with E-state index in [9.17, 15) is 19.8 Å². The van der Waals surface area contributed by atoms with Crippen LogP contribution in [0.15, 0.2) is 77.7 Å². The summed E-state index contributed by atoms with van der Waals surface area (Å²) in [6.07, 6.45) is 1.50. The van der Waals surface area contributed by atoms with Crippen molar-refractivity contribution >= 4 is 16.8 Å². The predicted octanol–water partition coefficient (Wildman–Crippen LogP) is 3.16. The minimum absolute atomic E-state index is 0.0447. The van der Waals surface area contributed by atoms with E-state index in [1.165, 1.54) is 22.9 Å². The van der Waals surface area contributed by atoms with Gasteiger partial charge in [-0.1, -0.05) is 36.4 Å². The Morgan fingerprint density at radius 2 is 1.67 bits per heavy atom. The maximum absolute atomic E-state index is 13.2. The van der Waals surface area contributed by atoms with E-state index in [0.29, 0.717) is 11.3 Å². The number of pyridine rings is 2. The van der Waals surface area contributed by atoms with Crippen molar-refractivity contribution in [1.82, 2.24) is 9.55 Å². The van der Waals surface area contributed by atoms with Crippen molar-refractivity contribution in [2.45, 2.75) is 0 Å². The highest BCUT2D eigenvalue weighted by atomic mass is 16.3. The van der Waals surface area contributed by atoms with Crippen molar-refractivity contribution in [3.63, 3.8) is 0 Å². The molecule has 0 aliphatic rings. The zero-order chi connectivity index (χ0) is 19.0. The first-order valence-corrected chi connectivity index (χ1v) is 8.19. The second-order valence-electron chi connectivity index (χ2n) is 5.97. The van der Waals surface area contributed by atoms with Gasteiger partial charge in [-0.3, -0.25) is 19.1 Å². The summed E-state index contributed by atoms with van der Waals surface area (Å²) in [5, 5.41) is 20.1. The van der Waals surface area contributed by atoms with E-state index in [1.54, 1.807) is 42.5 Å². The van der Waals surface area contributed by atoms with E-state index in [2.05, 4.69) is 4.98 Å². The molecule has 2 aromatic carbocycles. The molecule has 0 amide bonds. The van der Waals surface area contributed by atoms with Gasteiger partial charge in [0.15, 0.2) is 5.43 Å². The third-order valence-corrected chi connectivity index (χ3v) is 4.23. The molecule has 0 aliphatic heterocycles. The van der Waals surface area contributed by atoms with Crippen LogP contribution < -0.4 is 5.43 Å². The molecule has 0 aliphatic carbocycles. The van der Waals surface area contributed by atoms with Crippen LogP contribution in [0, 0.1) is 0 Å². The number of phenolic OH excluding ortho intramolecular Hbond substituents is 2. The number of phenols is 2. The fourth-order valence-corrected chi connectivity index (χ4v) is 3.06. The first-order chi connectivity index (χ1) is 13.1. The van der Waals surface area contributed by atoms with E-state index < -0.39 is 17.1 Å². The van der Waals surface area contributed by atoms with Gasteiger partial charge in [0.1, 0.15) is 17.2 Å². The van der Waals surface area contributed by atoms with Gasteiger partial charge < -0.3 is 10.2 Å². The standard InChI is InChI=1S/C21H14N2O4/c24-14-10-17-20(18(25)11-14)19(26)12-16(13-6-2-1-3-7-13)23(17)21(27)15-8-4-5-9-22-15/h1-12,24-25H. The number of hydrogen-bond acceptors (Lipinski definition) is 5. The maximum Gasteiger partial charge on any atom is 0.281 e. The van der Waals surface area contributed by atoms with E-state index in [4.69, 9.17) is 0 Å². The van der Waals surface area contributed by atoms with Crippen LogP contribution in [0.4, 0.5) is 0 Å². The number of fused-ring (bicyclic) bond motifs is 1. The fourth-order valence-electron chi connectivity index (χ4n) is 3.06. The monoisotopic (exact) mass is 358 g/mol. The number of aromatic nitrogens is 2. The van der Waals surface area contributed by atoms with Crippen LogP contribution in [-0.2, 0) is 0 Å². The van der Waals surface area contributed by atoms with Crippen molar-refractivity contribution in [1.29, 1.82) is 0 Å². The van der Waals surface area contributed by atoms with Crippen LogP contribution in [0.5, 0.6) is 11.5 Å². The molecule has 2 heterocycles. The summed E-state index contributed by atoms with van der Waals surface area (Å²) in [6.45, 7) is 0. The highest BCUT2D eigenvalue weighted by Crippen LogP contribution is 2.31. The van der Waals surface area contributed by atoms with Gasteiger partial charge in [-0.05, 0) is 17.7 Å². The van der Waals surface area contributed by atoms with Crippen molar-refractivity contribution in [2.75, 3.05) is 0 Å². The number of nitrogens with zero attached hydrogens (tertiary/aromatic N) is 2. The van der Waals surface area contributed by atoms with Crippen LogP contribution in [0.1, 0.15) is 10.5 Å². The second kappa shape index (κ2) is 6.42. The number of rotatable bonds is 2. The summed E-state index contributed by atoms with van der Waals surface area (Å²) in [4.78, 5) is 29.9. The van der Waals surface area contributed by atoms with Crippen LogP contribution in [0.25, 0.3) is 22.2 Å². The number of benzene rings is 2. The Balaban J connectivity index is 2.14. The third-order valence-electron chi connectivity index (χ3n) is 4.23. The Labute approximate surface area is 153 Å². The minimum Gasteiger partial charge on any atom is -0.508 e. The van der Waals surface area contributed by atoms with Crippen LogP contribution in [-0.4, -0.2) is 25.7 Å². The molecular weight excluding hydrogens is 344 g/mol. The number of carbonyl (C=O) groups excluding carboxylic acids is 1. The Kier molecular flexibility index (Phi) is 3.93. The van der Waals surface area contributed by atoms with Gasteiger partial charge in [-0.25, -0.2) is 0 Å². The second-order valence-corrected chi connectivity index (χ2v) is 5.97. The molecule has 4 aromatic rings. The molecule has 0 saturated carbocycles. The Morgan fingerprint density at radius 1 is 0.926 bits per heavy atom. The number of hydrogen-bond donors (Lipinski definition) is 2. The fraction of sp³-hybridized carbons (Fsp3) is 0. The Bertz CT molecular complexity index is 1220. The molecule has 0 atom stereocenters. The van der Waals surface area contributed by atoms with Crippen molar-refractivity contribution in [3.8, 4) is 22.8 Å². The lowest BCUT2D eigenvalue weighted by Crippen LogP contribution is -2.20. The van der Waals surface area contributed by atoms with Gasteiger partial charge in [-0.15, -0.1) is 0 Å². The van der Waals surface area contributed by atoms with Crippen LogP contribution in [0.3, 0.4) is 0 Å². The van der Waals surface area contributed by atoms with Gasteiger partial charge in [0.2, 0.25) is 0 Å². The molecule has 0 fully saturated rings. The normalized spacial score (nSPS) is 10.8. The zero-order valence-corrected chi connectivity index (χ0v) is 14.0. The van der Waals surface area contributed by atoms with Gasteiger partial charge in [0, 0.05) is 24.4 Å². The van der Waals surface area contributed by atoms with Gasteiger partial charge in [0.05, 0.1) is 16.6 Å². The highest BCUT2D eigenvalue weighted by Gasteiger charge is 2.21. The smallest absolute Gasteiger partial charge is 0.281 e. The molecule has 6 heteroatoms. The van der Waals surface area contributed by atoms with Crippen molar-refractivity contribution < 1.29 is 15.0 Å². The Morgan fingerprint density at radius 3 is 2.37 bits per heavy atom. The van der Waals surface area contributed by atoms with E-state index in [1.807, 2.05) is 6.07 Å². The van der Waals surface area contributed by atoms with Gasteiger partial charge in [-0.2, -0.15) is 0 Å². The highest BCUT2D eigenvalue weighted by molar-refractivity contribution is 6.04. The molecule has 0 bridgehead atoms. The van der Waals surface area contributed by atoms with Gasteiger partial charge >= 0.3 is 0 Å². The first-order valence-electron chi connectivity index (χ1n) is 8.19. The minimum atomic E-state index is -0.482. The molecule has 132 valence electrons. The average Bonchev–Trinajstić information content (AvgIpc) is 2.68. The van der Waals surface area contributed by atoms with E-state index >= 15 is 0 Å². The lowest BCUT2D eigenvalue weighted by Gasteiger charge is -2.16. The molecule has 2 N–H and O–H groups in total. The van der Waals surface area contributed by atoms with Crippen molar-refractivity contribution in [3.05, 3.63) is 88.8 Å². The molecule has 0 unspecified atom stereocenters. The number of carbonyl (C=O) groups is 1. The zero-order valence-electron chi connectivity index (χ0n) is 14.0. The lowest BCUT2D eigenvalue weighted by atomic mass is 10.1. The van der Waals surface area contributed by atoms with Crippen LogP contribution >= 0.6 is 0 Å². The van der Waals surface area contributed by atoms with Gasteiger partial charge in [0.25, 0.3) is 5.91 Å². The molecule has 2 aromatic heterocycles. The third kappa shape index (κ3) is 2.83. The summed E-state index contributed by atoms with van der Waals surface area (Å²) < 4.78 is 1.29. The SMILES string of the molecule is O=C(c1ccccn1)n1c(-c2ccccc2)cc(=O)c2c(O)cc(O)cc21. The summed E-state index contributed by atoms with van der Waals surface area (Å²) in [6, 6.07) is 17.5. The largest absolute Gasteiger partial charge is 0.508 e. The average molecular weight is 358 g/mol. The summed E-state index contributed by atoms with van der Waals surface area (Å²) in [7, 11) is 0. The molecular formula is C21H14N2O4. The quantitative estimate of drug-likeness (QED) is 0.574. The molecule has 27 heavy (non-hydrogen) atoms. The molecule has 6 nitrogen and oxygen atoms in total. The van der Waals surface area contributed by atoms with E-state index in [0.717, 1.165) is 6.07 Å². The summed E-state index contributed by atoms with van der Waals surface area (Å²) in [5.41, 5.74) is 0.806. The number of aromatic hydroxyl groups is 2. The molecule has 4 rings (SSSR count). The van der Waals surface area contributed by atoms with Crippen LogP contribution in [0.2, 0.25) is 0 Å². The summed E-state index contributed by atoms with van der Waals surface area (Å²) in [5.74, 6) is -1.13. The maximum atomic E-state index is 13.2. The first kappa shape index (κ1) is 16.5. The molecule has 0 saturated heterocycles. The Hall–Kier alpha value is -3.93. The topological polar surface area (TPSA) is 92.4 Å². The predicted molar refractivity (Wildman–Crippen MR) is 101 cm³/mol. The summed E-state index contributed by atoms with van der Waals surface area (Å²) >= 11 is 0. The van der Waals surface area contributed by atoms with Crippen molar-refractivity contribution in [2.24, 2.45) is 0 Å². The molecule has 0 spiro atoms. The molecule has 0 radical (unpaired) electrons.